The van der Waals surface area contributed by atoms with Crippen molar-refractivity contribution in [1.82, 2.24) is 4.98 Å². The van der Waals surface area contributed by atoms with Crippen molar-refractivity contribution >= 4 is 16.8 Å². The number of oxazole rings is 1. The molecule has 0 aliphatic rings. The molecule has 2 aromatic carbocycles. The Morgan fingerprint density at radius 3 is 2.78 bits per heavy atom. The zero-order valence-corrected chi connectivity index (χ0v) is 9.88. The molecule has 3 aromatic rings. The van der Waals surface area contributed by atoms with Crippen molar-refractivity contribution in [1.29, 1.82) is 0 Å². The maximum atomic E-state index is 5.85. The first-order valence-corrected chi connectivity index (χ1v) is 5.57. The number of rotatable bonds is 2. The lowest BCUT2D eigenvalue weighted by atomic mass is 10.2. The molecule has 0 saturated carbocycles. The van der Waals surface area contributed by atoms with Gasteiger partial charge in [0.1, 0.15) is 11.3 Å². The van der Waals surface area contributed by atoms with E-state index in [1.54, 1.807) is 13.2 Å². The van der Waals surface area contributed by atoms with Gasteiger partial charge in [-0.1, -0.05) is 12.1 Å². The number of aromatic nitrogens is 1. The average molecular weight is 240 g/mol. The first-order valence-electron chi connectivity index (χ1n) is 5.57. The normalized spacial score (nSPS) is 10.7. The van der Waals surface area contributed by atoms with Gasteiger partial charge in [-0.15, -0.1) is 0 Å². The molecule has 3 rings (SSSR count). The quantitative estimate of drug-likeness (QED) is 0.699. The molecule has 0 aliphatic carbocycles. The summed E-state index contributed by atoms with van der Waals surface area (Å²) in [6.45, 7) is 0. The Morgan fingerprint density at radius 1 is 1.17 bits per heavy atom. The van der Waals surface area contributed by atoms with E-state index in [9.17, 15) is 0 Å². The second-order valence-corrected chi connectivity index (χ2v) is 3.95. The third kappa shape index (κ3) is 1.68. The van der Waals surface area contributed by atoms with Gasteiger partial charge in [-0.25, -0.2) is 4.98 Å². The van der Waals surface area contributed by atoms with Gasteiger partial charge in [-0.3, -0.25) is 0 Å². The summed E-state index contributed by atoms with van der Waals surface area (Å²) in [7, 11) is 1.63. The monoisotopic (exact) mass is 240 g/mol. The van der Waals surface area contributed by atoms with Crippen molar-refractivity contribution in [2.45, 2.75) is 0 Å². The number of ether oxygens (including phenoxy) is 1. The van der Waals surface area contributed by atoms with Gasteiger partial charge in [-0.05, 0) is 30.3 Å². The Morgan fingerprint density at radius 2 is 2.00 bits per heavy atom. The molecule has 0 spiro atoms. The number of hydrogen-bond acceptors (Lipinski definition) is 4. The second kappa shape index (κ2) is 4.07. The summed E-state index contributed by atoms with van der Waals surface area (Å²) >= 11 is 0. The van der Waals surface area contributed by atoms with Crippen LogP contribution in [0.4, 0.5) is 5.69 Å². The van der Waals surface area contributed by atoms with Crippen LogP contribution in [0, 0.1) is 0 Å². The topological polar surface area (TPSA) is 61.3 Å². The third-order valence-corrected chi connectivity index (χ3v) is 2.76. The van der Waals surface area contributed by atoms with Crippen LogP contribution in [0.25, 0.3) is 22.6 Å². The van der Waals surface area contributed by atoms with Crippen LogP contribution in [0.15, 0.2) is 46.9 Å². The SMILES string of the molecule is COc1cccc(-c2nc3cccc(N)c3o2)c1. The largest absolute Gasteiger partial charge is 0.497 e. The van der Waals surface area contributed by atoms with Gasteiger partial charge < -0.3 is 14.9 Å². The van der Waals surface area contributed by atoms with E-state index in [0.717, 1.165) is 16.8 Å². The number of methoxy groups -OCH3 is 1. The van der Waals surface area contributed by atoms with E-state index in [2.05, 4.69) is 4.98 Å². The lowest BCUT2D eigenvalue weighted by molar-refractivity contribution is 0.415. The van der Waals surface area contributed by atoms with E-state index in [1.807, 2.05) is 36.4 Å². The van der Waals surface area contributed by atoms with Crippen molar-refractivity contribution < 1.29 is 9.15 Å². The van der Waals surface area contributed by atoms with E-state index in [1.165, 1.54) is 0 Å². The van der Waals surface area contributed by atoms with E-state index in [4.69, 9.17) is 14.9 Å². The predicted octanol–water partition coefficient (Wildman–Crippen LogP) is 3.09. The minimum Gasteiger partial charge on any atom is -0.497 e. The van der Waals surface area contributed by atoms with Crippen LogP contribution in [0.5, 0.6) is 5.75 Å². The van der Waals surface area contributed by atoms with Crippen molar-refractivity contribution in [3.8, 4) is 17.2 Å². The summed E-state index contributed by atoms with van der Waals surface area (Å²) in [6.07, 6.45) is 0. The fourth-order valence-corrected chi connectivity index (χ4v) is 1.85. The molecule has 0 amide bonds. The summed E-state index contributed by atoms with van der Waals surface area (Å²) in [5.74, 6) is 1.31. The molecule has 90 valence electrons. The zero-order valence-electron chi connectivity index (χ0n) is 9.88. The molecule has 4 nitrogen and oxygen atoms in total. The van der Waals surface area contributed by atoms with Crippen LogP contribution < -0.4 is 10.5 Å². The van der Waals surface area contributed by atoms with Gasteiger partial charge >= 0.3 is 0 Å². The lowest BCUT2D eigenvalue weighted by Crippen LogP contribution is -1.83. The number of para-hydroxylation sites is 1. The highest BCUT2D eigenvalue weighted by Gasteiger charge is 2.10. The maximum absolute atomic E-state index is 5.85. The molecule has 0 saturated heterocycles. The van der Waals surface area contributed by atoms with Gasteiger partial charge in [0, 0.05) is 5.56 Å². The number of benzene rings is 2. The van der Waals surface area contributed by atoms with Crippen molar-refractivity contribution in [3.63, 3.8) is 0 Å². The molecule has 0 unspecified atom stereocenters. The van der Waals surface area contributed by atoms with Gasteiger partial charge in [-0.2, -0.15) is 0 Å². The standard InChI is InChI=1S/C14H12N2O2/c1-17-10-5-2-4-9(8-10)14-16-12-7-3-6-11(15)13(12)18-14/h2-8H,15H2,1H3. The Bertz CT molecular complexity index is 704. The van der Waals surface area contributed by atoms with Crippen molar-refractivity contribution in [3.05, 3.63) is 42.5 Å². The molecule has 0 bridgehead atoms. The highest BCUT2D eigenvalue weighted by Crippen LogP contribution is 2.29. The molecule has 4 heteroatoms. The van der Waals surface area contributed by atoms with E-state index in [0.29, 0.717) is 17.2 Å². The zero-order chi connectivity index (χ0) is 12.5. The summed E-state index contributed by atoms with van der Waals surface area (Å²) in [6, 6.07) is 13.1. The summed E-state index contributed by atoms with van der Waals surface area (Å²) in [5, 5.41) is 0. The van der Waals surface area contributed by atoms with Crippen molar-refractivity contribution in [2.24, 2.45) is 0 Å². The summed E-state index contributed by atoms with van der Waals surface area (Å²) < 4.78 is 10.9. The van der Waals surface area contributed by atoms with Crippen molar-refractivity contribution in [2.75, 3.05) is 12.8 Å². The molecule has 0 radical (unpaired) electrons. The third-order valence-electron chi connectivity index (χ3n) is 2.76. The minimum absolute atomic E-state index is 0.543. The smallest absolute Gasteiger partial charge is 0.227 e. The molecule has 18 heavy (non-hydrogen) atoms. The lowest BCUT2D eigenvalue weighted by Gasteiger charge is -2.00. The summed E-state index contributed by atoms with van der Waals surface area (Å²) in [5.41, 5.74) is 8.68. The Balaban J connectivity index is 2.16. The van der Waals surface area contributed by atoms with E-state index in [-0.39, 0.29) is 0 Å². The Kier molecular flexibility index (Phi) is 2.41. The fourth-order valence-electron chi connectivity index (χ4n) is 1.85. The second-order valence-electron chi connectivity index (χ2n) is 3.95. The van der Waals surface area contributed by atoms with Gasteiger partial charge in [0.15, 0.2) is 5.58 Å². The fraction of sp³-hybridized carbons (Fsp3) is 0.0714. The number of fused-ring (bicyclic) bond motifs is 1. The van der Waals surface area contributed by atoms with Gasteiger partial charge in [0.25, 0.3) is 0 Å². The predicted molar refractivity (Wildman–Crippen MR) is 70.4 cm³/mol. The minimum atomic E-state index is 0.543. The number of nitrogens with two attached hydrogens (primary N) is 1. The Hall–Kier alpha value is -2.49. The molecular weight excluding hydrogens is 228 g/mol. The number of hydrogen-bond donors (Lipinski definition) is 1. The molecule has 0 fully saturated rings. The number of nitrogens with zero attached hydrogens (tertiary/aromatic N) is 1. The van der Waals surface area contributed by atoms with E-state index >= 15 is 0 Å². The molecule has 0 aliphatic heterocycles. The van der Waals surface area contributed by atoms with Crippen LogP contribution in [0.3, 0.4) is 0 Å². The molecule has 1 aromatic heterocycles. The van der Waals surface area contributed by atoms with Crippen LogP contribution in [-0.2, 0) is 0 Å². The van der Waals surface area contributed by atoms with E-state index < -0.39 is 0 Å². The molecule has 1 heterocycles. The molecular formula is C14H12N2O2. The maximum Gasteiger partial charge on any atom is 0.227 e. The van der Waals surface area contributed by atoms with Crippen LogP contribution in [-0.4, -0.2) is 12.1 Å². The highest BCUT2D eigenvalue weighted by atomic mass is 16.5. The number of anilines is 1. The van der Waals surface area contributed by atoms with Crippen LogP contribution >= 0.6 is 0 Å². The first kappa shape index (κ1) is 10.7. The summed E-state index contributed by atoms with van der Waals surface area (Å²) in [4.78, 5) is 4.42. The van der Waals surface area contributed by atoms with Crippen LogP contribution in [0.1, 0.15) is 0 Å². The first-order chi connectivity index (χ1) is 8.78. The van der Waals surface area contributed by atoms with Gasteiger partial charge in [0.2, 0.25) is 5.89 Å². The highest BCUT2D eigenvalue weighted by molar-refractivity contribution is 5.86. The molecule has 2 N–H and O–H groups in total. The molecule has 0 atom stereocenters. The average Bonchev–Trinajstić information content (AvgIpc) is 2.84. The van der Waals surface area contributed by atoms with Crippen LogP contribution in [0.2, 0.25) is 0 Å². The Labute approximate surface area is 104 Å². The number of nitrogen functional groups attached to an aromatic ring is 1. The van der Waals surface area contributed by atoms with Gasteiger partial charge in [0.05, 0.1) is 12.8 Å².